The van der Waals surface area contributed by atoms with E-state index in [1.807, 2.05) is 4.90 Å². The summed E-state index contributed by atoms with van der Waals surface area (Å²) in [7, 11) is 0. The number of carbonyl (C=O) groups excluding carboxylic acids is 1. The minimum Gasteiger partial charge on any atom is -0.368 e. The third kappa shape index (κ3) is 2.74. The fourth-order valence-corrected chi connectivity index (χ4v) is 2.72. The summed E-state index contributed by atoms with van der Waals surface area (Å²) in [4.78, 5) is 14.1. The lowest BCUT2D eigenvalue weighted by Crippen LogP contribution is -2.52. The third-order valence-corrected chi connectivity index (χ3v) is 3.46. The van der Waals surface area contributed by atoms with Crippen LogP contribution in [-0.2, 0) is 9.53 Å². The van der Waals surface area contributed by atoms with Gasteiger partial charge in [0.2, 0.25) is 0 Å². The minimum atomic E-state index is -0.203. The highest BCUT2D eigenvalue weighted by Gasteiger charge is 2.31. The molecule has 2 saturated heterocycles. The summed E-state index contributed by atoms with van der Waals surface area (Å²) >= 11 is 0. The average Bonchev–Trinajstić information content (AvgIpc) is 2.28. The van der Waals surface area contributed by atoms with E-state index in [1.54, 1.807) is 0 Å². The van der Waals surface area contributed by atoms with Crippen LogP contribution < -0.4 is 5.73 Å². The van der Waals surface area contributed by atoms with Crippen LogP contribution in [0.1, 0.15) is 32.6 Å². The Labute approximate surface area is 97.1 Å². The summed E-state index contributed by atoms with van der Waals surface area (Å²) < 4.78 is 5.53. The third-order valence-electron chi connectivity index (χ3n) is 3.46. The van der Waals surface area contributed by atoms with Gasteiger partial charge in [-0.1, -0.05) is 6.92 Å². The van der Waals surface area contributed by atoms with Gasteiger partial charge in [-0.25, -0.2) is 0 Å². The molecule has 4 nitrogen and oxygen atoms in total. The second-order valence-corrected chi connectivity index (χ2v) is 5.20. The van der Waals surface area contributed by atoms with Crippen molar-refractivity contribution in [3.8, 4) is 0 Å². The van der Waals surface area contributed by atoms with Gasteiger partial charge in [0, 0.05) is 25.7 Å². The molecule has 2 aliphatic heterocycles. The van der Waals surface area contributed by atoms with Gasteiger partial charge in [0.1, 0.15) is 6.10 Å². The Morgan fingerprint density at radius 2 is 2.19 bits per heavy atom. The van der Waals surface area contributed by atoms with Gasteiger partial charge in [-0.2, -0.15) is 0 Å². The number of piperidine rings is 1. The van der Waals surface area contributed by atoms with Crippen LogP contribution in [0.25, 0.3) is 0 Å². The molecule has 0 aromatic heterocycles. The van der Waals surface area contributed by atoms with E-state index in [0.29, 0.717) is 12.5 Å². The SMILES string of the molecule is CC1CC(N)CN(C(=O)C2CCCCO2)C1. The van der Waals surface area contributed by atoms with Crippen molar-refractivity contribution in [1.29, 1.82) is 0 Å². The Hall–Kier alpha value is -0.610. The number of ether oxygens (including phenoxy) is 1. The van der Waals surface area contributed by atoms with Crippen LogP contribution in [0.4, 0.5) is 0 Å². The van der Waals surface area contributed by atoms with Crippen LogP contribution in [0.2, 0.25) is 0 Å². The van der Waals surface area contributed by atoms with E-state index in [0.717, 1.165) is 38.8 Å². The molecule has 2 heterocycles. The van der Waals surface area contributed by atoms with Crippen LogP contribution in [0.5, 0.6) is 0 Å². The zero-order valence-electron chi connectivity index (χ0n) is 10.0. The molecule has 0 aromatic carbocycles. The number of amides is 1. The van der Waals surface area contributed by atoms with Crippen molar-refractivity contribution < 1.29 is 9.53 Å². The first kappa shape index (κ1) is 11.9. The van der Waals surface area contributed by atoms with E-state index in [9.17, 15) is 4.79 Å². The number of hydrogen-bond acceptors (Lipinski definition) is 3. The Morgan fingerprint density at radius 1 is 1.38 bits per heavy atom. The maximum atomic E-state index is 12.2. The highest BCUT2D eigenvalue weighted by molar-refractivity contribution is 5.81. The van der Waals surface area contributed by atoms with Gasteiger partial charge in [-0.3, -0.25) is 4.79 Å². The first-order valence-electron chi connectivity index (χ1n) is 6.33. The molecule has 1 amide bonds. The molecule has 2 N–H and O–H groups in total. The minimum absolute atomic E-state index is 0.135. The lowest BCUT2D eigenvalue weighted by atomic mass is 9.95. The smallest absolute Gasteiger partial charge is 0.251 e. The molecule has 0 aliphatic carbocycles. The van der Waals surface area contributed by atoms with Crippen LogP contribution in [-0.4, -0.2) is 42.6 Å². The molecular formula is C12H22N2O2. The van der Waals surface area contributed by atoms with Crippen LogP contribution in [0.15, 0.2) is 0 Å². The zero-order valence-corrected chi connectivity index (χ0v) is 10.0. The second-order valence-electron chi connectivity index (χ2n) is 5.20. The Balaban J connectivity index is 1.92. The summed E-state index contributed by atoms with van der Waals surface area (Å²) in [6.45, 7) is 4.42. The van der Waals surface area contributed by atoms with Crippen LogP contribution in [0, 0.1) is 5.92 Å². The monoisotopic (exact) mass is 226 g/mol. The number of nitrogens with two attached hydrogens (primary N) is 1. The highest BCUT2D eigenvalue weighted by atomic mass is 16.5. The van der Waals surface area contributed by atoms with Gasteiger partial charge in [0.15, 0.2) is 0 Å². The van der Waals surface area contributed by atoms with E-state index in [1.165, 1.54) is 0 Å². The van der Waals surface area contributed by atoms with Gasteiger partial charge in [-0.15, -0.1) is 0 Å². The number of nitrogens with zero attached hydrogens (tertiary/aromatic N) is 1. The first-order chi connectivity index (χ1) is 7.66. The van der Waals surface area contributed by atoms with Gasteiger partial charge in [0.05, 0.1) is 0 Å². The van der Waals surface area contributed by atoms with Gasteiger partial charge in [-0.05, 0) is 31.6 Å². The molecule has 3 atom stereocenters. The van der Waals surface area contributed by atoms with Gasteiger partial charge in [0.25, 0.3) is 5.91 Å². The molecular weight excluding hydrogens is 204 g/mol. The maximum Gasteiger partial charge on any atom is 0.251 e. The summed E-state index contributed by atoms with van der Waals surface area (Å²) in [6, 6.07) is 0.135. The second kappa shape index (κ2) is 5.15. The maximum absolute atomic E-state index is 12.2. The van der Waals surface area contributed by atoms with Crippen molar-refractivity contribution >= 4 is 5.91 Å². The van der Waals surface area contributed by atoms with E-state index in [4.69, 9.17) is 10.5 Å². The summed E-state index contributed by atoms with van der Waals surface area (Å²) in [6.07, 6.45) is 3.88. The van der Waals surface area contributed by atoms with E-state index in [-0.39, 0.29) is 18.1 Å². The molecule has 2 fully saturated rings. The lowest BCUT2D eigenvalue weighted by molar-refractivity contribution is -0.148. The number of hydrogen-bond donors (Lipinski definition) is 1. The largest absolute Gasteiger partial charge is 0.368 e. The number of carbonyl (C=O) groups is 1. The van der Waals surface area contributed by atoms with E-state index >= 15 is 0 Å². The summed E-state index contributed by atoms with van der Waals surface area (Å²) in [5.74, 6) is 0.665. The Kier molecular flexibility index (Phi) is 3.82. The topological polar surface area (TPSA) is 55.6 Å². The normalized spacial score (nSPS) is 36.1. The molecule has 3 unspecified atom stereocenters. The highest BCUT2D eigenvalue weighted by Crippen LogP contribution is 2.20. The van der Waals surface area contributed by atoms with Crippen molar-refractivity contribution in [3.05, 3.63) is 0 Å². The fourth-order valence-electron chi connectivity index (χ4n) is 2.72. The van der Waals surface area contributed by atoms with E-state index < -0.39 is 0 Å². The molecule has 0 bridgehead atoms. The van der Waals surface area contributed by atoms with Crippen LogP contribution >= 0.6 is 0 Å². The van der Waals surface area contributed by atoms with Crippen molar-refractivity contribution in [3.63, 3.8) is 0 Å². The molecule has 0 aromatic rings. The molecule has 0 radical (unpaired) electrons. The molecule has 2 rings (SSSR count). The van der Waals surface area contributed by atoms with Gasteiger partial charge < -0.3 is 15.4 Å². The average molecular weight is 226 g/mol. The lowest BCUT2D eigenvalue weighted by Gasteiger charge is -2.37. The summed E-state index contributed by atoms with van der Waals surface area (Å²) in [5, 5.41) is 0. The predicted octanol–water partition coefficient (Wildman–Crippen LogP) is 0.751. The number of rotatable bonds is 1. The summed E-state index contributed by atoms with van der Waals surface area (Å²) in [5.41, 5.74) is 5.95. The molecule has 4 heteroatoms. The Bertz CT molecular complexity index is 241. The predicted molar refractivity (Wildman–Crippen MR) is 61.9 cm³/mol. The van der Waals surface area contributed by atoms with Crippen molar-refractivity contribution in [2.24, 2.45) is 11.7 Å². The van der Waals surface area contributed by atoms with Gasteiger partial charge >= 0.3 is 0 Å². The Morgan fingerprint density at radius 3 is 2.81 bits per heavy atom. The molecule has 92 valence electrons. The molecule has 16 heavy (non-hydrogen) atoms. The van der Waals surface area contributed by atoms with E-state index in [2.05, 4.69) is 6.92 Å². The quantitative estimate of drug-likeness (QED) is 0.718. The first-order valence-corrected chi connectivity index (χ1v) is 6.33. The molecule has 0 spiro atoms. The molecule has 0 saturated carbocycles. The van der Waals surface area contributed by atoms with Crippen LogP contribution in [0.3, 0.4) is 0 Å². The van der Waals surface area contributed by atoms with Crippen molar-refractivity contribution in [2.75, 3.05) is 19.7 Å². The van der Waals surface area contributed by atoms with Crippen molar-refractivity contribution in [2.45, 2.75) is 44.8 Å². The van der Waals surface area contributed by atoms with Crippen molar-refractivity contribution in [1.82, 2.24) is 4.90 Å². The zero-order chi connectivity index (χ0) is 11.5. The number of likely N-dealkylation sites (tertiary alicyclic amines) is 1. The standard InChI is InChI=1S/C12H22N2O2/c1-9-6-10(13)8-14(7-9)12(15)11-4-2-3-5-16-11/h9-11H,2-8,13H2,1H3. The molecule has 2 aliphatic rings. The fraction of sp³-hybridized carbons (Fsp3) is 0.917.